The number of aromatic carboxylic acids is 1. The van der Waals surface area contributed by atoms with Crippen LogP contribution in [0.25, 0.3) is 0 Å². The predicted molar refractivity (Wildman–Crippen MR) is 61.3 cm³/mol. The summed E-state index contributed by atoms with van der Waals surface area (Å²) in [5.74, 6) is -0.986. The van der Waals surface area contributed by atoms with Gasteiger partial charge in [-0.25, -0.2) is 9.59 Å². The smallest absolute Gasteiger partial charge is 0.414 e. The van der Waals surface area contributed by atoms with E-state index in [1.54, 1.807) is 12.1 Å². The van der Waals surface area contributed by atoms with E-state index in [1.807, 2.05) is 13.8 Å². The van der Waals surface area contributed by atoms with Gasteiger partial charge in [0.15, 0.2) is 0 Å². The molecule has 1 aromatic carbocycles. The van der Waals surface area contributed by atoms with Gasteiger partial charge >= 0.3 is 12.1 Å². The summed E-state index contributed by atoms with van der Waals surface area (Å²) in [6.07, 6.45) is -0.405. The van der Waals surface area contributed by atoms with Crippen molar-refractivity contribution in [3.8, 4) is 0 Å². The number of carbonyl (C=O) groups is 2. The number of rotatable bonds is 2. The average molecular weight is 235 g/mol. The molecule has 0 atom stereocenters. The summed E-state index contributed by atoms with van der Waals surface area (Å²) in [5.41, 5.74) is 0.420. The standard InChI is InChI=1S/C12H13NO4/c1-12(2)7-17-11(16)13(12)9-5-3-8(4-6-9)10(14)15/h3-6H,7H2,1-2H3,(H,14,15). The number of hydrogen-bond donors (Lipinski definition) is 1. The number of anilines is 1. The van der Waals surface area contributed by atoms with E-state index in [0.717, 1.165) is 0 Å². The first-order valence-corrected chi connectivity index (χ1v) is 5.22. The van der Waals surface area contributed by atoms with Crippen molar-refractivity contribution in [3.05, 3.63) is 29.8 Å². The maximum Gasteiger partial charge on any atom is 0.414 e. The molecular weight excluding hydrogens is 222 g/mol. The third-order valence-corrected chi connectivity index (χ3v) is 2.71. The fraction of sp³-hybridized carbons (Fsp3) is 0.333. The number of carbonyl (C=O) groups excluding carboxylic acids is 1. The van der Waals surface area contributed by atoms with Gasteiger partial charge in [0.25, 0.3) is 0 Å². The lowest BCUT2D eigenvalue weighted by Crippen LogP contribution is -2.42. The van der Waals surface area contributed by atoms with Gasteiger partial charge in [0, 0.05) is 5.69 Å². The van der Waals surface area contributed by atoms with E-state index >= 15 is 0 Å². The molecule has 90 valence electrons. The van der Waals surface area contributed by atoms with Crippen LogP contribution in [0.5, 0.6) is 0 Å². The molecule has 0 aliphatic carbocycles. The van der Waals surface area contributed by atoms with Gasteiger partial charge in [-0.1, -0.05) is 0 Å². The van der Waals surface area contributed by atoms with Gasteiger partial charge in [-0.3, -0.25) is 4.90 Å². The lowest BCUT2D eigenvalue weighted by atomic mass is 10.0. The predicted octanol–water partition coefficient (Wildman–Crippen LogP) is 2.12. The van der Waals surface area contributed by atoms with Gasteiger partial charge in [-0.05, 0) is 38.1 Å². The third-order valence-electron chi connectivity index (χ3n) is 2.71. The van der Waals surface area contributed by atoms with Gasteiger partial charge in [-0.15, -0.1) is 0 Å². The van der Waals surface area contributed by atoms with E-state index in [0.29, 0.717) is 12.3 Å². The second-order valence-electron chi connectivity index (χ2n) is 4.55. The summed E-state index contributed by atoms with van der Waals surface area (Å²) in [6.45, 7) is 4.11. The summed E-state index contributed by atoms with van der Waals surface area (Å²) in [7, 11) is 0. The molecule has 1 aliphatic rings. The molecule has 0 spiro atoms. The van der Waals surface area contributed by atoms with Crippen LogP contribution in [0.1, 0.15) is 24.2 Å². The number of benzene rings is 1. The van der Waals surface area contributed by atoms with E-state index in [2.05, 4.69) is 0 Å². The first kappa shape index (κ1) is 11.4. The number of cyclic esters (lactones) is 1. The van der Waals surface area contributed by atoms with Crippen LogP contribution in [0, 0.1) is 0 Å². The Morgan fingerprint density at radius 3 is 2.35 bits per heavy atom. The van der Waals surface area contributed by atoms with Crippen molar-refractivity contribution < 1.29 is 19.4 Å². The molecule has 17 heavy (non-hydrogen) atoms. The van der Waals surface area contributed by atoms with Crippen molar-refractivity contribution in [2.75, 3.05) is 11.5 Å². The Balaban J connectivity index is 2.34. The average Bonchev–Trinajstić information content (AvgIpc) is 2.53. The van der Waals surface area contributed by atoms with Gasteiger partial charge in [0.2, 0.25) is 0 Å². The zero-order valence-corrected chi connectivity index (χ0v) is 9.64. The number of amides is 1. The highest BCUT2D eigenvalue weighted by molar-refractivity contribution is 5.93. The number of ether oxygens (including phenoxy) is 1. The largest absolute Gasteiger partial charge is 0.478 e. The van der Waals surface area contributed by atoms with Crippen LogP contribution in [-0.4, -0.2) is 29.3 Å². The number of hydrogen-bond acceptors (Lipinski definition) is 3. The van der Waals surface area contributed by atoms with Crippen LogP contribution in [0.4, 0.5) is 10.5 Å². The topological polar surface area (TPSA) is 66.8 Å². The lowest BCUT2D eigenvalue weighted by Gasteiger charge is -2.27. The minimum absolute atomic E-state index is 0.194. The maximum atomic E-state index is 11.6. The molecule has 1 heterocycles. The highest BCUT2D eigenvalue weighted by Gasteiger charge is 2.40. The quantitative estimate of drug-likeness (QED) is 0.852. The minimum atomic E-state index is -0.986. The minimum Gasteiger partial charge on any atom is -0.478 e. The van der Waals surface area contributed by atoms with Gasteiger partial charge in [-0.2, -0.15) is 0 Å². The van der Waals surface area contributed by atoms with E-state index in [4.69, 9.17) is 9.84 Å². The molecule has 0 unspecified atom stereocenters. The Bertz CT molecular complexity index is 464. The molecule has 0 saturated carbocycles. The van der Waals surface area contributed by atoms with Crippen molar-refractivity contribution in [3.63, 3.8) is 0 Å². The molecule has 5 heteroatoms. The van der Waals surface area contributed by atoms with Crippen molar-refractivity contribution in [1.82, 2.24) is 0 Å². The second-order valence-corrected chi connectivity index (χ2v) is 4.55. The first-order valence-electron chi connectivity index (χ1n) is 5.22. The molecule has 0 bridgehead atoms. The molecule has 1 aromatic rings. The van der Waals surface area contributed by atoms with Crippen LogP contribution in [0.15, 0.2) is 24.3 Å². The maximum absolute atomic E-state index is 11.6. The molecule has 2 rings (SSSR count). The third kappa shape index (κ3) is 1.95. The Morgan fingerprint density at radius 2 is 1.94 bits per heavy atom. The van der Waals surface area contributed by atoms with Gasteiger partial charge in [0.05, 0.1) is 11.1 Å². The van der Waals surface area contributed by atoms with Crippen molar-refractivity contribution in [2.45, 2.75) is 19.4 Å². The van der Waals surface area contributed by atoms with Crippen LogP contribution in [0.2, 0.25) is 0 Å². The monoisotopic (exact) mass is 235 g/mol. The number of carboxylic acid groups (broad SMARTS) is 1. The molecule has 1 amide bonds. The number of carboxylic acids is 1. The molecule has 0 radical (unpaired) electrons. The van der Waals surface area contributed by atoms with E-state index in [1.165, 1.54) is 17.0 Å². The van der Waals surface area contributed by atoms with E-state index in [-0.39, 0.29) is 5.56 Å². The van der Waals surface area contributed by atoms with Crippen LogP contribution < -0.4 is 4.90 Å². The Labute approximate surface area is 98.6 Å². The summed E-state index contributed by atoms with van der Waals surface area (Å²) in [5, 5.41) is 8.79. The molecule has 0 aromatic heterocycles. The zero-order valence-electron chi connectivity index (χ0n) is 9.64. The lowest BCUT2D eigenvalue weighted by molar-refractivity contribution is 0.0697. The van der Waals surface area contributed by atoms with Crippen LogP contribution >= 0.6 is 0 Å². The fourth-order valence-corrected chi connectivity index (χ4v) is 1.82. The van der Waals surface area contributed by atoms with Gasteiger partial charge < -0.3 is 9.84 Å². The molecule has 5 nitrogen and oxygen atoms in total. The summed E-state index contributed by atoms with van der Waals surface area (Å²) in [4.78, 5) is 23.8. The molecule has 1 saturated heterocycles. The normalized spacial score (nSPS) is 18.0. The highest BCUT2D eigenvalue weighted by Crippen LogP contribution is 2.30. The summed E-state index contributed by atoms with van der Waals surface area (Å²) >= 11 is 0. The Morgan fingerprint density at radius 1 is 1.35 bits per heavy atom. The van der Waals surface area contributed by atoms with Gasteiger partial charge in [0.1, 0.15) is 6.61 Å². The fourth-order valence-electron chi connectivity index (χ4n) is 1.82. The highest BCUT2D eigenvalue weighted by atomic mass is 16.6. The Hall–Kier alpha value is -2.04. The van der Waals surface area contributed by atoms with E-state index in [9.17, 15) is 9.59 Å². The van der Waals surface area contributed by atoms with Crippen LogP contribution in [-0.2, 0) is 4.74 Å². The second kappa shape index (κ2) is 3.76. The van der Waals surface area contributed by atoms with Crippen molar-refractivity contribution in [2.24, 2.45) is 0 Å². The Kier molecular flexibility index (Phi) is 2.53. The molecular formula is C12H13NO4. The molecule has 1 aliphatic heterocycles. The SMILES string of the molecule is CC1(C)COC(=O)N1c1ccc(C(=O)O)cc1. The number of nitrogens with zero attached hydrogens (tertiary/aromatic N) is 1. The van der Waals surface area contributed by atoms with Crippen molar-refractivity contribution >= 4 is 17.7 Å². The van der Waals surface area contributed by atoms with E-state index < -0.39 is 17.6 Å². The zero-order chi connectivity index (χ0) is 12.6. The van der Waals surface area contributed by atoms with Crippen LogP contribution in [0.3, 0.4) is 0 Å². The molecule has 1 N–H and O–H groups in total. The summed E-state index contributed by atoms with van der Waals surface area (Å²) < 4.78 is 4.98. The summed E-state index contributed by atoms with van der Waals surface area (Å²) in [6, 6.07) is 6.16. The first-order chi connectivity index (χ1) is 7.92. The molecule has 1 fully saturated rings. The van der Waals surface area contributed by atoms with Crippen molar-refractivity contribution in [1.29, 1.82) is 0 Å².